The average molecular weight is 306 g/mol. The highest BCUT2D eigenvalue weighted by atomic mass is 35.5. The van der Waals surface area contributed by atoms with E-state index in [1.54, 1.807) is 38.2 Å². The van der Waals surface area contributed by atoms with Crippen LogP contribution >= 0.6 is 11.6 Å². The first-order valence-corrected chi connectivity index (χ1v) is 6.70. The third kappa shape index (κ3) is 3.44. The number of carbonyl (C=O) groups is 1. The number of benzene rings is 1. The molecule has 0 aliphatic carbocycles. The van der Waals surface area contributed by atoms with Gasteiger partial charge in [0.15, 0.2) is 11.6 Å². The SMILES string of the molecule is CC(C)(Nc1ncc(-c2cccc(Cl)c2)cc1O)C(N)=O. The van der Waals surface area contributed by atoms with Gasteiger partial charge < -0.3 is 16.2 Å². The summed E-state index contributed by atoms with van der Waals surface area (Å²) in [7, 11) is 0. The summed E-state index contributed by atoms with van der Waals surface area (Å²) in [6.45, 7) is 3.22. The summed E-state index contributed by atoms with van der Waals surface area (Å²) in [6.07, 6.45) is 1.59. The monoisotopic (exact) mass is 305 g/mol. The Balaban J connectivity index is 2.32. The van der Waals surface area contributed by atoms with Crippen LogP contribution in [0.25, 0.3) is 11.1 Å². The summed E-state index contributed by atoms with van der Waals surface area (Å²) in [4.78, 5) is 15.4. The maximum Gasteiger partial charge on any atom is 0.242 e. The maximum absolute atomic E-state index is 11.3. The van der Waals surface area contributed by atoms with Crippen LogP contribution in [-0.4, -0.2) is 21.5 Å². The number of nitrogens with one attached hydrogen (secondary N) is 1. The van der Waals surface area contributed by atoms with E-state index in [4.69, 9.17) is 17.3 Å². The summed E-state index contributed by atoms with van der Waals surface area (Å²) in [5.41, 5.74) is 5.83. The minimum Gasteiger partial charge on any atom is -0.504 e. The fourth-order valence-electron chi connectivity index (χ4n) is 1.73. The van der Waals surface area contributed by atoms with Crippen molar-refractivity contribution in [2.75, 3.05) is 5.32 Å². The van der Waals surface area contributed by atoms with Gasteiger partial charge in [0.2, 0.25) is 5.91 Å². The first kappa shape index (κ1) is 15.1. The van der Waals surface area contributed by atoms with E-state index in [0.29, 0.717) is 5.02 Å². The van der Waals surface area contributed by atoms with Crippen molar-refractivity contribution in [1.82, 2.24) is 4.98 Å². The second-order valence-electron chi connectivity index (χ2n) is 5.22. The van der Waals surface area contributed by atoms with Crippen molar-refractivity contribution in [3.05, 3.63) is 41.6 Å². The van der Waals surface area contributed by atoms with Crippen LogP contribution in [0.5, 0.6) is 5.75 Å². The van der Waals surface area contributed by atoms with Crippen LogP contribution < -0.4 is 11.1 Å². The normalized spacial score (nSPS) is 11.2. The summed E-state index contributed by atoms with van der Waals surface area (Å²) < 4.78 is 0. The van der Waals surface area contributed by atoms with Gasteiger partial charge in [-0.1, -0.05) is 23.7 Å². The van der Waals surface area contributed by atoms with E-state index in [0.717, 1.165) is 11.1 Å². The van der Waals surface area contributed by atoms with Crippen LogP contribution in [0.2, 0.25) is 5.02 Å². The lowest BCUT2D eigenvalue weighted by Gasteiger charge is -2.23. The highest BCUT2D eigenvalue weighted by molar-refractivity contribution is 6.30. The van der Waals surface area contributed by atoms with E-state index in [9.17, 15) is 9.90 Å². The molecule has 2 rings (SSSR count). The third-order valence-corrected chi connectivity index (χ3v) is 3.31. The molecule has 0 atom stereocenters. The van der Waals surface area contributed by atoms with Gasteiger partial charge in [-0.3, -0.25) is 4.79 Å². The van der Waals surface area contributed by atoms with Gasteiger partial charge in [0, 0.05) is 16.8 Å². The maximum atomic E-state index is 11.3. The number of nitrogens with zero attached hydrogens (tertiary/aromatic N) is 1. The Hall–Kier alpha value is -2.27. The molecule has 5 nitrogen and oxygen atoms in total. The number of nitrogens with two attached hydrogens (primary N) is 1. The van der Waals surface area contributed by atoms with Crippen molar-refractivity contribution in [2.24, 2.45) is 5.73 Å². The highest BCUT2D eigenvalue weighted by Gasteiger charge is 2.26. The van der Waals surface area contributed by atoms with E-state index in [1.807, 2.05) is 12.1 Å². The van der Waals surface area contributed by atoms with Crippen LogP contribution in [0.15, 0.2) is 36.5 Å². The number of hydrogen-bond acceptors (Lipinski definition) is 4. The van der Waals surface area contributed by atoms with E-state index >= 15 is 0 Å². The van der Waals surface area contributed by atoms with Crippen molar-refractivity contribution in [3.8, 4) is 16.9 Å². The quantitative estimate of drug-likeness (QED) is 0.810. The number of halogens is 1. The minimum atomic E-state index is -1.01. The summed E-state index contributed by atoms with van der Waals surface area (Å²) in [5.74, 6) is -0.408. The van der Waals surface area contributed by atoms with Crippen LogP contribution in [0.4, 0.5) is 5.82 Å². The molecule has 0 aliphatic heterocycles. The Morgan fingerprint density at radius 1 is 1.33 bits per heavy atom. The molecule has 1 heterocycles. The van der Waals surface area contributed by atoms with Gasteiger partial charge in [0.1, 0.15) is 5.54 Å². The van der Waals surface area contributed by atoms with Gasteiger partial charge in [-0.25, -0.2) is 4.98 Å². The van der Waals surface area contributed by atoms with Gasteiger partial charge in [0.05, 0.1) is 0 Å². The molecule has 110 valence electrons. The number of aromatic nitrogens is 1. The molecule has 0 saturated heterocycles. The van der Waals surface area contributed by atoms with Crippen molar-refractivity contribution < 1.29 is 9.90 Å². The zero-order valence-electron chi connectivity index (χ0n) is 11.7. The lowest BCUT2D eigenvalue weighted by atomic mass is 10.0. The van der Waals surface area contributed by atoms with E-state index in [-0.39, 0.29) is 11.6 Å². The number of hydrogen-bond donors (Lipinski definition) is 3. The van der Waals surface area contributed by atoms with Crippen LogP contribution in [0, 0.1) is 0 Å². The standard InChI is InChI=1S/C15H16ClN3O2/c1-15(2,14(17)21)19-13-12(20)7-10(8-18-13)9-4-3-5-11(16)6-9/h3-8,20H,1-2H3,(H2,17,21)(H,18,19). The molecular weight excluding hydrogens is 290 g/mol. The molecular formula is C15H16ClN3O2. The second kappa shape index (κ2) is 5.61. The van der Waals surface area contributed by atoms with Crippen molar-refractivity contribution in [1.29, 1.82) is 0 Å². The Kier molecular flexibility index (Phi) is 4.04. The van der Waals surface area contributed by atoms with Gasteiger partial charge in [-0.2, -0.15) is 0 Å². The number of rotatable bonds is 4. The largest absolute Gasteiger partial charge is 0.504 e. The molecule has 6 heteroatoms. The average Bonchev–Trinajstić information content (AvgIpc) is 2.40. The predicted molar refractivity (Wildman–Crippen MR) is 83.2 cm³/mol. The second-order valence-corrected chi connectivity index (χ2v) is 5.65. The summed E-state index contributed by atoms with van der Waals surface area (Å²) >= 11 is 5.94. The van der Waals surface area contributed by atoms with Gasteiger partial charge in [-0.15, -0.1) is 0 Å². The van der Waals surface area contributed by atoms with Gasteiger partial charge in [0.25, 0.3) is 0 Å². The first-order valence-electron chi connectivity index (χ1n) is 6.32. The molecule has 21 heavy (non-hydrogen) atoms. The molecule has 0 radical (unpaired) electrons. The lowest BCUT2D eigenvalue weighted by molar-refractivity contribution is -0.121. The van der Waals surface area contributed by atoms with E-state index in [1.165, 1.54) is 0 Å². The van der Waals surface area contributed by atoms with Crippen LogP contribution in [0.3, 0.4) is 0 Å². The minimum absolute atomic E-state index is 0.0678. The van der Waals surface area contributed by atoms with Crippen molar-refractivity contribution >= 4 is 23.3 Å². The van der Waals surface area contributed by atoms with Crippen LogP contribution in [0.1, 0.15) is 13.8 Å². The summed E-state index contributed by atoms with van der Waals surface area (Å²) in [6, 6.07) is 8.78. The number of aromatic hydroxyl groups is 1. The number of carbonyl (C=O) groups excluding carboxylic acids is 1. The topological polar surface area (TPSA) is 88.2 Å². The number of amides is 1. The molecule has 0 unspecified atom stereocenters. The molecule has 1 aromatic carbocycles. The van der Waals surface area contributed by atoms with Gasteiger partial charge >= 0.3 is 0 Å². The Morgan fingerprint density at radius 3 is 2.62 bits per heavy atom. The van der Waals surface area contributed by atoms with E-state index < -0.39 is 11.4 Å². The van der Waals surface area contributed by atoms with Crippen molar-refractivity contribution in [2.45, 2.75) is 19.4 Å². The Labute approximate surface area is 127 Å². The molecule has 1 amide bonds. The summed E-state index contributed by atoms with van der Waals surface area (Å²) in [5, 5.41) is 13.5. The number of primary amides is 1. The Bertz CT molecular complexity index is 686. The smallest absolute Gasteiger partial charge is 0.242 e. The molecule has 0 fully saturated rings. The number of anilines is 1. The zero-order chi connectivity index (χ0) is 15.6. The van der Waals surface area contributed by atoms with Crippen LogP contribution in [-0.2, 0) is 4.79 Å². The molecule has 4 N–H and O–H groups in total. The molecule has 1 aromatic heterocycles. The lowest BCUT2D eigenvalue weighted by Crippen LogP contribution is -2.45. The molecule has 2 aromatic rings. The van der Waals surface area contributed by atoms with Gasteiger partial charge in [-0.05, 0) is 37.6 Å². The predicted octanol–water partition coefficient (Wildman–Crippen LogP) is 2.78. The molecule has 0 spiro atoms. The van der Waals surface area contributed by atoms with Crippen molar-refractivity contribution in [3.63, 3.8) is 0 Å². The molecule has 0 saturated carbocycles. The fourth-order valence-corrected chi connectivity index (χ4v) is 1.92. The third-order valence-electron chi connectivity index (χ3n) is 3.07. The first-order chi connectivity index (χ1) is 9.79. The molecule has 0 bridgehead atoms. The number of pyridine rings is 1. The Morgan fingerprint density at radius 2 is 2.05 bits per heavy atom. The fraction of sp³-hybridized carbons (Fsp3) is 0.200. The van der Waals surface area contributed by atoms with E-state index in [2.05, 4.69) is 10.3 Å². The molecule has 0 aliphatic rings. The highest BCUT2D eigenvalue weighted by Crippen LogP contribution is 2.30. The zero-order valence-corrected chi connectivity index (χ0v) is 12.5.